The molecule has 0 aliphatic carbocycles. The minimum Gasteiger partial charge on any atom is -0.370 e. The molecule has 2 unspecified atom stereocenters. The molecule has 0 spiro atoms. The maximum atomic E-state index is 5.94. The van der Waals surface area contributed by atoms with Crippen LogP contribution in [-0.4, -0.2) is 18.1 Å². The first-order valence-electron chi connectivity index (χ1n) is 7.52. The van der Waals surface area contributed by atoms with Crippen molar-refractivity contribution in [2.75, 3.05) is 18.0 Å². The van der Waals surface area contributed by atoms with E-state index in [4.69, 9.17) is 5.73 Å². The van der Waals surface area contributed by atoms with E-state index < -0.39 is 0 Å². The summed E-state index contributed by atoms with van der Waals surface area (Å²) in [6.07, 6.45) is 3.20. The highest BCUT2D eigenvalue weighted by Gasteiger charge is 2.25. The summed E-state index contributed by atoms with van der Waals surface area (Å²) in [7, 11) is 0. The first kappa shape index (κ1) is 13.4. The number of para-hydroxylation sites is 1. The van der Waals surface area contributed by atoms with Crippen molar-refractivity contribution >= 4 is 16.6 Å². The van der Waals surface area contributed by atoms with Gasteiger partial charge in [-0.05, 0) is 24.3 Å². The topological polar surface area (TPSA) is 42.1 Å². The number of rotatable bonds is 2. The van der Waals surface area contributed by atoms with Gasteiger partial charge in [0.25, 0.3) is 0 Å². The molecule has 106 valence electrons. The normalized spacial score (nSPS) is 23.2. The maximum Gasteiger partial charge on any atom is 0.0723 e. The van der Waals surface area contributed by atoms with Crippen LogP contribution in [0.2, 0.25) is 0 Å². The molecule has 2 aromatic rings. The van der Waals surface area contributed by atoms with Crippen molar-refractivity contribution in [1.82, 2.24) is 4.98 Å². The number of fused-ring (bicyclic) bond motifs is 1. The zero-order valence-corrected chi connectivity index (χ0v) is 12.3. The Hall–Kier alpha value is -1.61. The SMILES string of the molecule is CC1CCN(c2c(CN)cnc3ccccc23)CC1C. The predicted octanol–water partition coefficient (Wildman–Crippen LogP) is 3.18. The fourth-order valence-corrected chi connectivity index (χ4v) is 3.16. The van der Waals surface area contributed by atoms with Crippen molar-refractivity contribution in [2.45, 2.75) is 26.8 Å². The van der Waals surface area contributed by atoms with E-state index in [9.17, 15) is 0 Å². The summed E-state index contributed by atoms with van der Waals surface area (Å²) < 4.78 is 0. The lowest BCUT2D eigenvalue weighted by atomic mass is 9.88. The number of nitrogens with two attached hydrogens (primary N) is 1. The van der Waals surface area contributed by atoms with Gasteiger partial charge in [0, 0.05) is 36.8 Å². The molecule has 1 fully saturated rings. The Balaban J connectivity index is 2.09. The number of piperidine rings is 1. The zero-order valence-electron chi connectivity index (χ0n) is 12.3. The van der Waals surface area contributed by atoms with Crippen molar-refractivity contribution < 1.29 is 0 Å². The van der Waals surface area contributed by atoms with E-state index in [0.29, 0.717) is 6.54 Å². The van der Waals surface area contributed by atoms with Crippen molar-refractivity contribution in [3.8, 4) is 0 Å². The van der Waals surface area contributed by atoms with E-state index >= 15 is 0 Å². The van der Waals surface area contributed by atoms with Gasteiger partial charge in [-0.2, -0.15) is 0 Å². The molecule has 0 bridgehead atoms. The van der Waals surface area contributed by atoms with Crippen LogP contribution in [0.25, 0.3) is 10.9 Å². The summed E-state index contributed by atoms with van der Waals surface area (Å²) in [4.78, 5) is 7.05. The van der Waals surface area contributed by atoms with Crippen molar-refractivity contribution in [1.29, 1.82) is 0 Å². The van der Waals surface area contributed by atoms with Crippen molar-refractivity contribution in [2.24, 2.45) is 17.6 Å². The molecule has 2 N–H and O–H groups in total. The average molecular weight is 269 g/mol. The second-order valence-corrected chi connectivity index (χ2v) is 6.04. The lowest BCUT2D eigenvalue weighted by Crippen LogP contribution is -2.39. The lowest BCUT2D eigenvalue weighted by Gasteiger charge is -2.38. The van der Waals surface area contributed by atoms with E-state index in [2.05, 4.69) is 41.9 Å². The molecule has 3 nitrogen and oxygen atoms in total. The number of hydrogen-bond donors (Lipinski definition) is 1. The molecular weight excluding hydrogens is 246 g/mol. The molecule has 0 saturated carbocycles. The molecule has 3 rings (SSSR count). The number of nitrogens with zero attached hydrogens (tertiary/aromatic N) is 2. The number of anilines is 1. The van der Waals surface area contributed by atoms with Gasteiger partial charge in [-0.25, -0.2) is 0 Å². The van der Waals surface area contributed by atoms with E-state index in [1.54, 1.807) is 0 Å². The third-order valence-electron chi connectivity index (χ3n) is 4.69. The first-order valence-corrected chi connectivity index (χ1v) is 7.52. The summed E-state index contributed by atoms with van der Waals surface area (Å²) in [5.74, 6) is 1.53. The van der Waals surface area contributed by atoms with Crippen LogP contribution in [0.15, 0.2) is 30.5 Å². The molecule has 1 aromatic carbocycles. The summed E-state index contributed by atoms with van der Waals surface area (Å²) in [5, 5.41) is 1.23. The molecule has 2 heterocycles. The smallest absolute Gasteiger partial charge is 0.0723 e. The maximum absolute atomic E-state index is 5.94. The number of hydrogen-bond acceptors (Lipinski definition) is 3. The van der Waals surface area contributed by atoms with Gasteiger partial charge in [-0.3, -0.25) is 4.98 Å². The monoisotopic (exact) mass is 269 g/mol. The third kappa shape index (κ3) is 2.27. The highest BCUT2D eigenvalue weighted by atomic mass is 15.1. The van der Waals surface area contributed by atoms with Gasteiger partial charge in [-0.1, -0.05) is 32.0 Å². The van der Waals surface area contributed by atoms with Gasteiger partial charge in [0.1, 0.15) is 0 Å². The van der Waals surface area contributed by atoms with Gasteiger partial charge < -0.3 is 10.6 Å². The molecule has 20 heavy (non-hydrogen) atoms. The number of benzene rings is 1. The molecule has 0 radical (unpaired) electrons. The third-order valence-corrected chi connectivity index (χ3v) is 4.69. The van der Waals surface area contributed by atoms with Crippen LogP contribution in [-0.2, 0) is 6.54 Å². The van der Waals surface area contributed by atoms with Gasteiger partial charge in [0.05, 0.1) is 11.2 Å². The van der Waals surface area contributed by atoms with E-state index in [1.165, 1.54) is 17.5 Å². The Morgan fingerprint density at radius 1 is 1.25 bits per heavy atom. The molecule has 3 heteroatoms. The van der Waals surface area contributed by atoms with Crippen LogP contribution in [0, 0.1) is 11.8 Å². The highest BCUT2D eigenvalue weighted by Crippen LogP contribution is 2.34. The van der Waals surface area contributed by atoms with Crippen LogP contribution in [0.5, 0.6) is 0 Å². The second-order valence-electron chi connectivity index (χ2n) is 6.04. The van der Waals surface area contributed by atoms with Crippen molar-refractivity contribution in [3.63, 3.8) is 0 Å². The van der Waals surface area contributed by atoms with Crippen LogP contribution in [0.3, 0.4) is 0 Å². The summed E-state index contributed by atoms with van der Waals surface area (Å²) in [5.41, 5.74) is 9.47. The number of pyridine rings is 1. The van der Waals surface area contributed by atoms with Crippen molar-refractivity contribution in [3.05, 3.63) is 36.0 Å². The first-order chi connectivity index (χ1) is 9.70. The second kappa shape index (κ2) is 5.41. The standard InChI is InChI=1S/C17H23N3/c1-12-7-8-20(11-13(12)2)17-14(9-18)10-19-16-6-4-3-5-15(16)17/h3-6,10,12-13H,7-9,11,18H2,1-2H3. The summed E-state index contributed by atoms with van der Waals surface area (Å²) in [6.45, 7) is 7.49. The van der Waals surface area contributed by atoms with E-state index in [-0.39, 0.29) is 0 Å². The summed E-state index contributed by atoms with van der Waals surface area (Å²) in [6, 6.07) is 8.38. The van der Waals surface area contributed by atoms with Crippen LogP contribution in [0.4, 0.5) is 5.69 Å². The summed E-state index contributed by atoms with van der Waals surface area (Å²) >= 11 is 0. The van der Waals surface area contributed by atoms with Gasteiger partial charge in [0.2, 0.25) is 0 Å². The quantitative estimate of drug-likeness (QED) is 0.910. The van der Waals surface area contributed by atoms with Gasteiger partial charge in [0.15, 0.2) is 0 Å². The van der Waals surface area contributed by atoms with Gasteiger partial charge >= 0.3 is 0 Å². The minimum atomic E-state index is 0.549. The zero-order chi connectivity index (χ0) is 14.1. The Labute approximate surface area is 120 Å². The van der Waals surface area contributed by atoms with Crippen LogP contribution in [0.1, 0.15) is 25.8 Å². The Morgan fingerprint density at radius 3 is 2.80 bits per heavy atom. The number of aromatic nitrogens is 1. The molecule has 1 aliphatic rings. The highest BCUT2D eigenvalue weighted by molar-refractivity contribution is 5.93. The molecule has 0 amide bonds. The Bertz CT molecular complexity index is 608. The van der Waals surface area contributed by atoms with Gasteiger partial charge in [-0.15, -0.1) is 0 Å². The van der Waals surface area contributed by atoms with Crippen LogP contribution >= 0.6 is 0 Å². The molecule has 2 atom stereocenters. The Morgan fingerprint density at radius 2 is 2.05 bits per heavy atom. The Kier molecular flexibility index (Phi) is 3.62. The molecule has 1 saturated heterocycles. The lowest BCUT2D eigenvalue weighted by molar-refractivity contribution is 0.324. The van der Waals surface area contributed by atoms with E-state index in [1.807, 2.05) is 12.3 Å². The minimum absolute atomic E-state index is 0.549. The fraction of sp³-hybridized carbons (Fsp3) is 0.471. The molecule has 1 aliphatic heterocycles. The predicted molar refractivity (Wildman–Crippen MR) is 84.8 cm³/mol. The van der Waals surface area contributed by atoms with E-state index in [0.717, 1.165) is 36.0 Å². The largest absolute Gasteiger partial charge is 0.370 e. The molecular formula is C17H23N3. The van der Waals surface area contributed by atoms with Crippen LogP contribution < -0.4 is 10.6 Å². The fourth-order valence-electron chi connectivity index (χ4n) is 3.16. The molecule has 1 aromatic heterocycles. The average Bonchev–Trinajstić information content (AvgIpc) is 2.49.